The van der Waals surface area contributed by atoms with Gasteiger partial charge in [-0.1, -0.05) is 61.0 Å². The number of rotatable bonds is 3. The lowest BCUT2D eigenvalue weighted by Gasteiger charge is -2.19. The first-order valence-corrected chi connectivity index (χ1v) is 7.22. The average molecular weight is 319 g/mol. The fourth-order valence-corrected chi connectivity index (χ4v) is 2.06. The van der Waals surface area contributed by atoms with E-state index in [2.05, 4.69) is 61.0 Å². The van der Waals surface area contributed by atoms with Crippen LogP contribution in [0.5, 0.6) is 5.75 Å². The average Bonchev–Trinajstić information content (AvgIpc) is 2.37. The van der Waals surface area contributed by atoms with Gasteiger partial charge in [0.2, 0.25) is 0 Å². The van der Waals surface area contributed by atoms with Gasteiger partial charge in [0, 0.05) is 4.47 Å². The van der Waals surface area contributed by atoms with Crippen molar-refractivity contribution in [3.8, 4) is 5.75 Å². The summed E-state index contributed by atoms with van der Waals surface area (Å²) < 4.78 is 6.82. The van der Waals surface area contributed by atoms with Crippen LogP contribution in [0.25, 0.3) is 0 Å². The molecular formula is C17H19BrO. The summed E-state index contributed by atoms with van der Waals surface area (Å²) in [6.45, 7) is 7.27. The molecule has 0 unspecified atom stereocenters. The molecule has 2 rings (SSSR count). The van der Waals surface area contributed by atoms with Crippen molar-refractivity contribution in [1.29, 1.82) is 0 Å². The molecule has 0 fully saturated rings. The zero-order valence-corrected chi connectivity index (χ0v) is 13.2. The van der Waals surface area contributed by atoms with Crippen molar-refractivity contribution >= 4 is 15.9 Å². The Hall–Kier alpha value is -1.28. The van der Waals surface area contributed by atoms with Gasteiger partial charge in [0.15, 0.2) is 0 Å². The zero-order valence-electron chi connectivity index (χ0n) is 11.6. The van der Waals surface area contributed by atoms with Gasteiger partial charge in [0.25, 0.3) is 0 Å². The summed E-state index contributed by atoms with van der Waals surface area (Å²) in [4.78, 5) is 0. The first-order valence-electron chi connectivity index (χ1n) is 6.43. The van der Waals surface area contributed by atoms with Gasteiger partial charge in [-0.05, 0) is 40.8 Å². The summed E-state index contributed by atoms with van der Waals surface area (Å²) in [6.07, 6.45) is 0. The van der Waals surface area contributed by atoms with Gasteiger partial charge < -0.3 is 4.74 Å². The predicted octanol–water partition coefficient (Wildman–Crippen LogP) is 5.33. The highest BCUT2D eigenvalue weighted by Crippen LogP contribution is 2.23. The van der Waals surface area contributed by atoms with Crippen LogP contribution in [0.2, 0.25) is 0 Å². The number of halogens is 1. The topological polar surface area (TPSA) is 9.23 Å². The first kappa shape index (κ1) is 14.1. The van der Waals surface area contributed by atoms with E-state index in [1.54, 1.807) is 0 Å². The molecule has 0 aromatic heterocycles. The Labute approximate surface area is 123 Å². The highest BCUT2D eigenvalue weighted by Gasteiger charge is 2.12. The van der Waals surface area contributed by atoms with Crippen molar-refractivity contribution in [2.75, 3.05) is 0 Å². The van der Waals surface area contributed by atoms with Crippen LogP contribution >= 0.6 is 15.9 Å². The third-order valence-corrected chi connectivity index (χ3v) is 3.57. The lowest BCUT2D eigenvalue weighted by Crippen LogP contribution is -2.10. The summed E-state index contributed by atoms with van der Waals surface area (Å²) >= 11 is 3.41. The molecule has 0 saturated heterocycles. The van der Waals surface area contributed by atoms with Crippen LogP contribution in [0.15, 0.2) is 53.0 Å². The standard InChI is InChI=1S/C17H19BrO/c1-17(2,3)14-6-4-13(5-7-14)12-19-16-10-8-15(18)9-11-16/h4-11H,12H2,1-3H3. The molecule has 0 amide bonds. The van der Waals surface area contributed by atoms with E-state index >= 15 is 0 Å². The number of hydrogen-bond donors (Lipinski definition) is 0. The Kier molecular flexibility index (Phi) is 4.31. The minimum Gasteiger partial charge on any atom is -0.489 e. The maximum Gasteiger partial charge on any atom is 0.119 e. The van der Waals surface area contributed by atoms with Gasteiger partial charge in [-0.3, -0.25) is 0 Å². The molecule has 0 aliphatic carbocycles. The first-order chi connectivity index (χ1) is 8.95. The highest BCUT2D eigenvalue weighted by atomic mass is 79.9. The lowest BCUT2D eigenvalue weighted by molar-refractivity contribution is 0.306. The second-order valence-electron chi connectivity index (χ2n) is 5.69. The summed E-state index contributed by atoms with van der Waals surface area (Å²) in [6, 6.07) is 16.5. The lowest BCUT2D eigenvalue weighted by atomic mass is 9.87. The Morgan fingerprint density at radius 2 is 1.47 bits per heavy atom. The molecule has 2 aromatic rings. The van der Waals surface area contributed by atoms with Crippen LogP contribution in [0.1, 0.15) is 31.9 Å². The van der Waals surface area contributed by atoms with Crippen molar-refractivity contribution in [3.05, 3.63) is 64.1 Å². The fraction of sp³-hybridized carbons (Fsp3) is 0.294. The van der Waals surface area contributed by atoms with Gasteiger partial charge in [-0.25, -0.2) is 0 Å². The van der Waals surface area contributed by atoms with E-state index in [9.17, 15) is 0 Å². The quantitative estimate of drug-likeness (QED) is 0.743. The van der Waals surface area contributed by atoms with Crippen LogP contribution in [-0.4, -0.2) is 0 Å². The Morgan fingerprint density at radius 1 is 0.895 bits per heavy atom. The molecule has 19 heavy (non-hydrogen) atoms. The molecule has 100 valence electrons. The molecular weight excluding hydrogens is 300 g/mol. The van der Waals surface area contributed by atoms with E-state index in [1.807, 2.05) is 24.3 Å². The second-order valence-corrected chi connectivity index (χ2v) is 6.61. The Balaban J connectivity index is 1.98. The third-order valence-electron chi connectivity index (χ3n) is 3.04. The van der Waals surface area contributed by atoms with Crippen molar-refractivity contribution in [1.82, 2.24) is 0 Å². The van der Waals surface area contributed by atoms with Crippen molar-refractivity contribution in [2.45, 2.75) is 32.8 Å². The molecule has 1 nitrogen and oxygen atoms in total. The van der Waals surface area contributed by atoms with Crippen LogP contribution in [0, 0.1) is 0 Å². The Bertz CT molecular complexity index is 521. The van der Waals surface area contributed by atoms with E-state index < -0.39 is 0 Å². The minimum absolute atomic E-state index is 0.199. The smallest absolute Gasteiger partial charge is 0.119 e. The molecule has 0 heterocycles. The van der Waals surface area contributed by atoms with E-state index in [0.29, 0.717) is 6.61 Å². The highest BCUT2D eigenvalue weighted by molar-refractivity contribution is 9.10. The molecule has 0 saturated carbocycles. The van der Waals surface area contributed by atoms with Gasteiger partial charge >= 0.3 is 0 Å². The number of ether oxygens (including phenoxy) is 1. The van der Waals surface area contributed by atoms with Crippen molar-refractivity contribution in [2.24, 2.45) is 0 Å². The van der Waals surface area contributed by atoms with E-state index in [-0.39, 0.29) is 5.41 Å². The van der Waals surface area contributed by atoms with Crippen molar-refractivity contribution in [3.63, 3.8) is 0 Å². The molecule has 0 N–H and O–H groups in total. The van der Waals surface area contributed by atoms with E-state index in [1.165, 1.54) is 11.1 Å². The molecule has 0 atom stereocenters. The summed E-state index contributed by atoms with van der Waals surface area (Å²) in [5.41, 5.74) is 2.74. The molecule has 0 radical (unpaired) electrons. The van der Waals surface area contributed by atoms with Crippen molar-refractivity contribution < 1.29 is 4.74 Å². The minimum atomic E-state index is 0.199. The van der Waals surface area contributed by atoms with Crippen LogP contribution in [0.3, 0.4) is 0 Å². The van der Waals surface area contributed by atoms with Gasteiger partial charge in [-0.15, -0.1) is 0 Å². The van der Waals surface area contributed by atoms with Crippen LogP contribution < -0.4 is 4.74 Å². The van der Waals surface area contributed by atoms with E-state index in [4.69, 9.17) is 4.74 Å². The summed E-state index contributed by atoms with van der Waals surface area (Å²) in [7, 11) is 0. The Morgan fingerprint density at radius 3 is 2.00 bits per heavy atom. The van der Waals surface area contributed by atoms with Gasteiger partial charge in [0.05, 0.1) is 0 Å². The summed E-state index contributed by atoms with van der Waals surface area (Å²) in [5, 5.41) is 0. The van der Waals surface area contributed by atoms with Crippen LogP contribution in [-0.2, 0) is 12.0 Å². The molecule has 0 aliphatic rings. The zero-order chi connectivity index (χ0) is 13.9. The molecule has 2 aromatic carbocycles. The number of benzene rings is 2. The molecule has 0 bridgehead atoms. The normalized spacial score (nSPS) is 11.4. The third kappa shape index (κ3) is 4.10. The predicted molar refractivity (Wildman–Crippen MR) is 83.6 cm³/mol. The second kappa shape index (κ2) is 5.79. The molecule has 0 spiro atoms. The monoisotopic (exact) mass is 318 g/mol. The fourth-order valence-electron chi connectivity index (χ4n) is 1.80. The molecule has 2 heteroatoms. The van der Waals surface area contributed by atoms with E-state index in [0.717, 1.165) is 10.2 Å². The van der Waals surface area contributed by atoms with Crippen LogP contribution in [0.4, 0.5) is 0 Å². The molecule has 0 aliphatic heterocycles. The number of hydrogen-bond acceptors (Lipinski definition) is 1. The van der Waals surface area contributed by atoms with Gasteiger partial charge in [-0.2, -0.15) is 0 Å². The SMILES string of the molecule is CC(C)(C)c1ccc(COc2ccc(Br)cc2)cc1. The summed E-state index contributed by atoms with van der Waals surface area (Å²) in [5.74, 6) is 0.892. The van der Waals surface area contributed by atoms with Gasteiger partial charge in [0.1, 0.15) is 12.4 Å². The maximum absolute atomic E-state index is 5.75. The largest absolute Gasteiger partial charge is 0.489 e. The maximum atomic E-state index is 5.75.